The first kappa shape index (κ1) is 13.9. The van der Waals surface area contributed by atoms with Gasteiger partial charge in [0.2, 0.25) is 0 Å². The van der Waals surface area contributed by atoms with Gasteiger partial charge >= 0.3 is 0 Å². The number of aromatic nitrogens is 1. The van der Waals surface area contributed by atoms with E-state index in [0.29, 0.717) is 17.2 Å². The van der Waals surface area contributed by atoms with Gasteiger partial charge in [-0.2, -0.15) is 0 Å². The molecule has 0 unspecified atom stereocenters. The third-order valence-corrected chi connectivity index (χ3v) is 4.26. The second kappa shape index (κ2) is 6.09. The third-order valence-electron chi connectivity index (χ3n) is 2.25. The number of nitrogen functional groups attached to an aromatic ring is 2. The maximum atomic E-state index is 11.2. The topological polar surface area (TPSA) is 107 Å². The van der Waals surface area contributed by atoms with E-state index >= 15 is 0 Å². The number of benzene rings is 1. The smallest absolute Gasteiger partial charge is 0.287 e. The van der Waals surface area contributed by atoms with Gasteiger partial charge in [0.1, 0.15) is 5.76 Å². The van der Waals surface area contributed by atoms with Crippen LogP contribution in [0, 0.1) is 0 Å². The minimum atomic E-state index is -0.478. The largest absolute Gasteiger partial charge is 0.399 e. The van der Waals surface area contributed by atoms with Crippen molar-refractivity contribution in [3.8, 4) is 0 Å². The number of hydrazine groups is 1. The molecule has 1 heterocycles. The van der Waals surface area contributed by atoms with E-state index in [4.69, 9.17) is 16.1 Å². The van der Waals surface area contributed by atoms with Crippen LogP contribution in [-0.2, 0) is 5.75 Å². The number of hydrogen-bond donors (Lipinski definition) is 3. The fraction of sp³-hybridized carbons (Fsp3) is 0.0909. The summed E-state index contributed by atoms with van der Waals surface area (Å²) in [5, 5.41) is 3.62. The summed E-state index contributed by atoms with van der Waals surface area (Å²) in [7, 11) is 0. The molecule has 2 aromatic rings. The van der Waals surface area contributed by atoms with E-state index in [0.717, 1.165) is 9.37 Å². The Bertz CT molecular complexity index is 602. The first-order valence-electron chi connectivity index (χ1n) is 5.24. The summed E-state index contributed by atoms with van der Waals surface area (Å²) >= 11 is 4.97. The van der Waals surface area contributed by atoms with Crippen molar-refractivity contribution in [1.82, 2.24) is 10.6 Å². The highest BCUT2D eigenvalue weighted by Crippen LogP contribution is 2.31. The molecule has 0 spiro atoms. The third kappa shape index (κ3) is 3.49. The second-order valence-electron chi connectivity index (χ2n) is 3.63. The molecule has 0 fully saturated rings. The molecule has 0 saturated heterocycles. The number of carbonyl (C=O) groups is 1. The summed E-state index contributed by atoms with van der Waals surface area (Å²) in [6, 6.07) is 7.12. The predicted molar refractivity (Wildman–Crippen MR) is 76.3 cm³/mol. The molecule has 0 aliphatic carbocycles. The number of rotatable bonds is 4. The van der Waals surface area contributed by atoms with Gasteiger partial charge in [0.15, 0.2) is 5.69 Å². The molecular weight excluding hydrogens is 332 g/mol. The zero-order valence-electron chi connectivity index (χ0n) is 9.72. The molecule has 0 bridgehead atoms. The van der Waals surface area contributed by atoms with Gasteiger partial charge in [-0.1, -0.05) is 5.16 Å². The van der Waals surface area contributed by atoms with Crippen LogP contribution in [0.2, 0.25) is 0 Å². The fourth-order valence-electron chi connectivity index (χ4n) is 1.34. The summed E-state index contributed by atoms with van der Waals surface area (Å²) in [5.74, 6) is 5.67. The average molecular weight is 343 g/mol. The minimum Gasteiger partial charge on any atom is -0.399 e. The Kier molecular flexibility index (Phi) is 4.46. The number of halogens is 1. The molecule has 8 heteroatoms. The molecule has 0 radical (unpaired) electrons. The first-order chi connectivity index (χ1) is 9.10. The summed E-state index contributed by atoms with van der Waals surface area (Å²) in [6.07, 6.45) is 0. The lowest BCUT2D eigenvalue weighted by Crippen LogP contribution is -2.30. The van der Waals surface area contributed by atoms with Gasteiger partial charge in [-0.3, -0.25) is 10.2 Å². The molecule has 0 aliphatic heterocycles. The molecule has 1 amide bonds. The zero-order valence-corrected chi connectivity index (χ0v) is 12.1. The van der Waals surface area contributed by atoms with Crippen molar-refractivity contribution in [2.45, 2.75) is 10.6 Å². The Morgan fingerprint density at radius 3 is 2.95 bits per heavy atom. The van der Waals surface area contributed by atoms with Crippen molar-refractivity contribution in [1.29, 1.82) is 0 Å². The molecule has 0 aliphatic rings. The fourth-order valence-corrected chi connectivity index (χ4v) is 2.88. The molecule has 0 saturated carbocycles. The van der Waals surface area contributed by atoms with Crippen molar-refractivity contribution >= 4 is 39.3 Å². The van der Waals surface area contributed by atoms with Gasteiger partial charge in [0.05, 0.1) is 5.75 Å². The zero-order chi connectivity index (χ0) is 13.8. The molecule has 100 valence electrons. The highest BCUT2D eigenvalue weighted by molar-refractivity contribution is 9.10. The molecular formula is C11H11BrN4O2S. The summed E-state index contributed by atoms with van der Waals surface area (Å²) in [5.41, 5.74) is 8.51. The molecule has 1 aromatic carbocycles. The van der Waals surface area contributed by atoms with E-state index in [1.54, 1.807) is 17.8 Å². The minimum absolute atomic E-state index is 0.162. The van der Waals surface area contributed by atoms with E-state index in [9.17, 15) is 4.79 Å². The van der Waals surface area contributed by atoms with Crippen LogP contribution in [0.15, 0.2) is 38.2 Å². The standard InChI is InChI=1S/C11H11BrN4O2S/c12-8-3-6(13)1-2-10(8)19-5-7-4-9(16-18-7)11(17)15-14/h1-4H,5,13-14H2,(H,15,17). The maximum absolute atomic E-state index is 11.2. The van der Waals surface area contributed by atoms with Crippen molar-refractivity contribution in [2.24, 2.45) is 5.84 Å². The van der Waals surface area contributed by atoms with Crippen LogP contribution in [0.5, 0.6) is 0 Å². The van der Waals surface area contributed by atoms with Crippen molar-refractivity contribution < 1.29 is 9.32 Å². The van der Waals surface area contributed by atoms with Crippen molar-refractivity contribution in [3.05, 3.63) is 40.2 Å². The lowest BCUT2D eigenvalue weighted by atomic mass is 10.3. The second-order valence-corrected chi connectivity index (χ2v) is 5.50. The number of nitrogens with one attached hydrogen (secondary N) is 1. The van der Waals surface area contributed by atoms with Crippen molar-refractivity contribution in [2.75, 3.05) is 5.73 Å². The van der Waals surface area contributed by atoms with E-state index in [1.165, 1.54) is 0 Å². The van der Waals surface area contributed by atoms with Gasteiger partial charge in [-0.15, -0.1) is 11.8 Å². The molecule has 0 atom stereocenters. The van der Waals surface area contributed by atoms with Crippen molar-refractivity contribution in [3.63, 3.8) is 0 Å². The van der Waals surface area contributed by atoms with Gasteiger partial charge < -0.3 is 10.3 Å². The van der Waals surface area contributed by atoms with Crippen LogP contribution in [0.25, 0.3) is 0 Å². The quantitative estimate of drug-likeness (QED) is 0.257. The van der Waals surface area contributed by atoms with Gasteiger partial charge in [0.25, 0.3) is 5.91 Å². The van der Waals surface area contributed by atoms with Gasteiger partial charge in [-0.05, 0) is 34.1 Å². The van der Waals surface area contributed by atoms with E-state index in [-0.39, 0.29) is 5.69 Å². The lowest BCUT2D eigenvalue weighted by Gasteiger charge is -2.03. The lowest BCUT2D eigenvalue weighted by molar-refractivity contribution is 0.0944. The van der Waals surface area contributed by atoms with Crippen LogP contribution in [0.1, 0.15) is 16.2 Å². The number of nitrogens with two attached hydrogens (primary N) is 2. The number of hydrogen-bond acceptors (Lipinski definition) is 6. The van der Waals surface area contributed by atoms with E-state index < -0.39 is 5.91 Å². The van der Waals surface area contributed by atoms with Gasteiger partial charge in [-0.25, -0.2) is 5.84 Å². The molecule has 1 aromatic heterocycles. The number of amides is 1. The molecule has 6 nitrogen and oxygen atoms in total. The average Bonchev–Trinajstić information content (AvgIpc) is 2.85. The molecule has 5 N–H and O–H groups in total. The number of anilines is 1. The number of carbonyl (C=O) groups excluding carboxylic acids is 1. The summed E-state index contributed by atoms with van der Waals surface area (Å²) in [6.45, 7) is 0. The predicted octanol–water partition coefficient (Wildman–Crippen LogP) is 1.92. The SMILES string of the molecule is NNC(=O)c1cc(CSc2ccc(N)cc2Br)on1. The highest BCUT2D eigenvalue weighted by Gasteiger charge is 2.11. The normalized spacial score (nSPS) is 10.4. The Labute approximate surface area is 122 Å². The Hall–Kier alpha value is -1.51. The van der Waals surface area contributed by atoms with Gasteiger partial charge in [0, 0.05) is 21.1 Å². The summed E-state index contributed by atoms with van der Waals surface area (Å²) < 4.78 is 5.96. The molecule has 19 heavy (non-hydrogen) atoms. The number of nitrogens with zero attached hydrogens (tertiary/aromatic N) is 1. The highest BCUT2D eigenvalue weighted by atomic mass is 79.9. The van der Waals surface area contributed by atoms with E-state index in [2.05, 4.69) is 21.1 Å². The molecule has 2 rings (SSSR count). The van der Waals surface area contributed by atoms with Crippen LogP contribution in [0.3, 0.4) is 0 Å². The Balaban J connectivity index is 2.02. The first-order valence-corrected chi connectivity index (χ1v) is 7.02. The maximum Gasteiger partial charge on any atom is 0.287 e. The van der Waals surface area contributed by atoms with E-state index in [1.807, 2.05) is 23.6 Å². The Morgan fingerprint density at radius 1 is 1.47 bits per heavy atom. The van der Waals surface area contributed by atoms with Crippen LogP contribution in [0.4, 0.5) is 5.69 Å². The van der Waals surface area contributed by atoms with Crippen LogP contribution < -0.4 is 17.0 Å². The Morgan fingerprint density at radius 2 is 2.26 bits per heavy atom. The monoisotopic (exact) mass is 342 g/mol. The van der Waals surface area contributed by atoms with Crippen LogP contribution in [-0.4, -0.2) is 11.1 Å². The van der Waals surface area contributed by atoms with Crippen LogP contribution >= 0.6 is 27.7 Å². The number of thioether (sulfide) groups is 1. The summed E-state index contributed by atoms with van der Waals surface area (Å²) in [4.78, 5) is 12.2.